The van der Waals surface area contributed by atoms with Crippen molar-refractivity contribution < 1.29 is 9.53 Å². The van der Waals surface area contributed by atoms with Crippen LogP contribution in [0.25, 0.3) is 0 Å². The zero-order chi connectivity index (χ0) is 15.1. The van der Waals surface area contributed by atoms with Gasteiger partial charge < -0.3 is 15.0 Å². The van der Waals surface area contributed by atoms with Gasteiger partial charge in [-0.05, 0) is 50.7 Å². The summed E-state index contributed by atoms with van der Waals surface area (Å²) in [6, 6.07) is 7.56. The van der Waals surface area contributed by atoms with Crippen molar-refractivity contribution in [3.63, 3.8) is 0 Å². The number of methoxy groups -OCH3 is 1. The van der Waals surface area contributed by atoms with Crippen LogP contribution in [0.5, 0.6) is 5.75 Å². The third-order valence-electron chi connectivity index (χ3n) is 3.67. The first-order valence-electron chi connectivity index (χ1n) is 7.28. The average molecular weight is 286 g/mol. The maximum absolute atomic E-state index is 12.0. The number of likely N-dealkylation sites (tertiary alicyclic amines) is 1. The minimum Gasteiger partial charge on any atom is -0.497 e. The molecule has 1 N–H and O–H groups in total. The standard InChI is InChI=1S/C17H22N2O2/c1-19-12-4-6-15(13-19)17(20)18-11-3-5-14-7-9-16(21-2)10-8-14/h7-10,15H,4,6,11-13H2,1-2H3,(H,18,20). The van der Waals surface area contributed by atoms with Gasteiger partial charge in [0.25, 0.3) is 0 Å². The smallest absolute Gasteiger partial charge is 0.225 e. The maximum Gasteiger partial charge on any atom is 0.225 e. The van der Waals surface area contributed by atoms with Gasteiger partial charge in [0.05, 0.1) is 19.6 Å². The molecule has 1 aliphatic heterocycles. The van der Waals surface area contributed by atoms with Gasteiger partial charge in [-0.15, -0.1) is 0 Å². The van der Waals surface area contributed by atoms with Crippen molar-refractivity contribution in [3.05, 3.63) is 29.8 Å². The van der Waals surface area contributed by atoms with E-state index in [0.29, 0.717) is 6.54 Å². The van der Waals surface area contributed by atoms with Crippen molar-refractivity contribution in [3.8, 4) is 17.6 Å². The fourth-order valence-corrected chi connectivity index (χ4v) is 2.48. The summed E-state index contributed by atoms with van der Waals surface area (Å²) < 4.78 is 5.09. The third-order valence-corrected chi connectivity index (χ3v) is 3.67. The highest BCUT2D eigenvalue weighted by molar-refractivity contribution is 5.79. The normalized spacial score (nSPS) is 18.5. The van der Waals surface area contributed by atoms with Crippen LogP contribution in [0.1, 0.15) is 18.4 Å². The molecule has 1 saturated heterocycles. The number of carbonyl (C=O) groups excluding carboxylic acids is 1. The Hall–Kier alpha value is -1.99. The van der Waals surface area contributed by atoms with Crippen molar-refractivity contribution in [2.24, 2.45) is 5.92 Å². The molecule has 0 saturated carbocycles. The van der Waals surface area contributed by atoms with Gasteiger partial charge in [-0.1, -0.05) is 11.8 Å². The predicted octanol–water partition coefficient (Wildman–Crippen LogP) is 1.50. The Bertz CT molecular complexity index is 528. The van der Waals surface area contributed by atoms with E-state index in [0.717, 1.165) is 37.2 Å². The first-order valence-corrected chi connectivity index (χ1v) is 7.28. The fraction of sp³-hybridized carbons (Fsp3) is 0.471. The number of nitrogens with one attached hydrogen (secondary N) is 1. The van der Waals surface area contributed by atoms with Crippen LogP contribution >= 0.6 is 0 Å². The highest BCUT2D eigenvalue weighted by atomic mass is 16.5. The summed E-state index contributed by atoms with van der Waals surface area (Å²) in [5.74, 6) is 7.05. The zero-order valence-corrected chi connectivity index (χ0v) is 12.7. The summed E-state index contributed by atoms with van der Waals surface area (Å²) in [6.07, 6.45) is 2.06. The number of ether oxygens (including phenoxy) is 1. The molecule has 1 aromatic carbocycles. The average Bonchev–Trinajstić information content (AvgIpc) is 2.52. The number of amides is 1. The summed E-state index contributed by atoms with van der Waals surface area (Å²) >= 11 is 0. The van der Waals surface area contributed by atoms with Gasteiger partial charge in [0.2, 0.25) is 5.91 Å². The monoisotopic (exact) mass is 286 g/mol. The summed E-state index contributed by atoms with van der Waals surface area (Å²) in [6.45, 7) is 2.32. The molecule has 4 heteroatoms. The lowest BCUT2D eigenvalue weighted by molar-refractivity contribution is -0.126. The summed E-state index contributed by atoms with van der Waals surface area (Å²) in [5.41, 5.74) is 0.919. The van der Waals surface area contributed by atoms with Crippen LogP contribution in [0.3, 0.4) is 0 Å². The van der Waals surface area contributed by atoms with E-state index in [2.05, 4.69) is 29.1 Å². The molecular weight excluding hydrogens is 264 g/mol. The molecule has 4 nitrogen and oxygen atoms in total. The Morgan fingerprint density at radius 2 is 2.19 bits per heavy atom. The Morgan fingerprint density at radius 1 is 1.43 bits per heavy atom. The van der Waals surface area contributed by atoms with Gasteiger partial charge in [0.1, 0.15) is 5.75 Å². The minimum absolute atomic E-state index is 0.103. The Morgan fingerprint density at radius 3 is 2.86 bits per heavy atom. The molecule has 1 aliphatic rings. The predicted molar refractivity (Wildman–Crippen MR) is 83.1 cm³/mol. The van der Waals surface area contributed by atoms with E-state index in [1.165, 1.54) is 0 Å². The van der Waals surface area contributed by atoms with Crippen LogP contribution in [0.4, 0.5) is 0 Å². The van der Waals surface area contributed by atoms with Gasteiger partial charge in [-0.3, -0.25) is 4.79 Å². The van der Waals surface area contributed by atoms with E-state index in [1.54, 1.807) is 7.11 Å². The van der Waals surface area contributed by atoms with E-state index in [-0.39, 0.29) is 11.8 Å². The summed E-state index contributed by atoms with van der Waals surface area (Å²) in [7, 11) is 3.70. The van der Waals surface area contributed by atoms with Crippen molar-refractivity contribution in [1.29, 1.82) is 0 Å². The molecule has 0 radical (unpaired) electrons. The lowest BCUT2D eigenvalue weighted by atomic mass is 9.98. The molecule has 1 amide bonds. The number of piperidine rings is 1. The van der Waals surface area contributed by atoms with Crippen molar-refractivity contribution in [2.45, 2.75) is 12.8 Å². The number of carbonyl (C=O) groups is 1. The van der Waals surface area contributed by atoms with Crippen molar-refractivity contribution in [2.75, 3.05) is 33.8 Å². The molecule has 1 heterocycles. The molecule has 0 bridgehead atoms. The molecule has 1 atom stereocenters. The van der Waals surface area contributed by atoms with Gasteiger partial charge in [-0.2, -0.15) is 0 Å². The first kappa shape index (κ1) is 15.4. The van der Waals surface area contributed by atoms with E-state index in [4.69, 9.17) is 4.74 Å². The second-order valence-corrected chi connectivity index (χ2v) is 5.35. The molecular formula is C17H22N2O2. The number of hydrogen-bond donors (Lipinski definition) is 1. The van der Waals surface area contributed by atoms with Gasteiger partial charge in [-0.25, -0.2) is 0 Å². The quantitative estimate of drug-likeness (QED) is 0.856. The number of hydrogen-bond acceptors (Lipinski definition) is 3. The highest BCUT2D eigenvalue weighted by Gasteiger charge is 2.23. The molecule has 2 rings (SSSR count). The largest absolute Gasteiger partial charge is 0.497 e. The highest BCUT2D eigenvalue weighted by Crippen LogP contribution is 2.14. The van der Waals surface area contributed by atoms with Crippen LogP contribution in [0.15, 0.2) is 24.3 Å². The van der Waals surface area contributed by atoms with Gasteiger partial charge >= 0.3 is 0 Å². The summed E-state index contributed by atoms with van der Waals surface area (Å²) in [4.78, 5) is 14.2. The Labute approximate surface area is 126 Å². The van der Waals surface area contributed by atoms with Crippen LogP contribution in [-0.2, 0) is 4.79 Å². The maximum atomic E-state index is 12.0. The van der Waals surface area contributed by atoms with E-state index in [1.807, 2.05) is 24.3 Å². The third kappa shape index (κ3) is 4.80. The number of rotatable bonds is 3. The molecule has 112 valence electrons. The van der Waals surface area contributed by atoms with Crippen LogP contribution in [0.2, 0.25) is 0 Å². The molecule has 21 heavy (non-hydrogen) atoms. The molecule has 1 fully saturated rings. The lowest BCUT2D eigenvalue weighted by Crippen LogP contribution is -2.41. The molecule has 1 aromatic rings. The SMILES string of the molecule is COc1ccc(C#CCNC(=O)C2CCCN(C)C2)cc1. The second-order valence-electron chi connectivity index (χ2n) is 5.35. The first-order chi connectivity index (χ1) is 10.2. The van der Waals surface area contributed by atoms with Gasteiger partial charge in [0.15, 0.2) is 0 Å². The second kappa shape index (κ2) is 7.70. The molecule has 1 unspecified atom stereocenters. The Balaban J connectivity index is 1.78. The number of benzene rings is 1. The molecule has 0 aromatic heterocycles. The van der Waals surface area contributed by atoms with Crippen LogP contribution < -0.4 is 10.1 Å². The fourth-order valence-electron chi connectivity index (χ4n) is 2.48. The number of nitrogens with zero attached hydrogens (tertiary/aromatic N) is 1. The van der Waals surface area contributed by atoms with Crippen LogP contribution in [0, 0.1) is 17.8 Å². The Kier molecular flexibility index (Phi) is 5.65. The van der Waals surface area contributed by atoms with Crippen LogP contribution in [-0.4, -0.2) is 44.6 Å². The van der Waals surface area contributed by atoms with E-state index < -0.39 is 0 Å². The van der Waals surface area contributed by atoms with Crippen molar-refractivity contribution >= 4 is 5.91 Å². The zero-order valence-electron chi connectivity index (χ0n) is 12.7. The topological polar surface area (TPSA) is 41.6 Å². The lowest BCUT2D eigenvalue weighted by Gasteiger charge is -2.28. The summed E-state index contributed by atoms with van der Waals surface area (Å²) in [5, 5.41) is 2.90. The van der Waals surface area contributed by atoms with Crippen molar-refractivity contribution in [1.82, 2.24) is 10.2 Å². The van der Waals surface area contributed by atoms with Gasteiger partial charge in [0, 0.05) is 12.1 Å². The molecule has 0 spiro atoms. The van der Waals surface area contributed by atoms with E-state index >= 15 is 0 Å². The van der Waals surface area contributed by atoms with E-state index in [9.17, 15) is 4.79 Å². The molecule has 0 aliphatic carbocycles. The minimum atomic E-state index is 0.103.